The van der Waals surface area contributed by atoms with Gasteiger partial charge in [0.25, 0.3) is 0 Å². The van der Waals surface area contributed by atoms with Crippen molar-refractivity contribution >= 4 is 22.3 Å². The highest BCUT2D eigenvalue weighted by atomic mass is 19.4. The molecule has 0 saturated heterocycles. The van der Waals surface area contributed by atoms with Crippen LogP contribution in [0, 0.1) is 18.7 Å². The van der Waals surface area contributed by atoms with Gasteiger partial charge in [-0.2, -0.15) is 13.2 Å². The minimum absolute atomic E-state index is 0.0744. The summed E-state index contributed by atoms with van der Waals surface area (Å²) in [5, 5.41) is 24.7. The Morgan fingerprint density at radius 3 is 2.53 bits per heavy atom. The van der Waals surface area contributed by atoms with Crippen LogP contribution in [0.3, 0.4) is 0 Å². The van der Waals surface area contributed by atoms with Crippen molar-refractivity contribution in [3.63, 3.8) is 0 Å². The van der Waals surface area contributed by atoms with E-state index >= 15 is 4.39 Å². The second-order valence-corrected chi connectivity index (χ2v) is 8.87. The zero-order valence-corrected chi connectivity index (χ0v) is 17.9. The smallest absolute Gasteiger partial charge is 0.417 e. The van der Waals surface area contributed by atoms with Crippen molar-refractivity contribution < 1.29 is 27.8 Å². The van der Waals surface area contributed by atoms with Crippen LogP contribution in [0.5, 0.6) is 5.75 Å². The summed E-state index contributed by atoms with van der Waals surface area (Å²) < 4.78 is 56.2. The van der Waals surface area contributed by atoms with Crippen LogP contribution in [0.15, 0.2) is 36.4 Å². The van der Waals surface area contributed by atoms with Crippen LogP contribution in [-0.2, 0) is 6.42 Å². The van der Waals surface area contributed by atoms with Crippen molar-refractivity contribution in [3.05, 3.63) is 59.0 Å². The summed E-state index contributed by atoms with van der Waals surface area (Å²) in [5.74, 6) is -2.82. The second-order valence-electron chi connectivity index (χ2n) is 8.87. The molecule has 170 valence electrons. The number of aryl methyl sites for hydroxylation is 1. The standard InChI is InChI=1S/C24H24F4N2O2/c1-12(2)16-11-23(32,24(26,27)28)10-14-9-19(21(25)22(31)20(14)16)30-18-6-4-5-17-15(18)8-7-13(3)29-17/h4-9,12,16,30-32H,10-11H2,1-3H3. The predicted octanol–water partition coefficient (Wildman–Crippen LogP) is 6.11. The number of rotatable bonds is 3. The largest absolute Gasteiger partial charge is 0.505 e. The zero-order valence-electron chi connectivity index (χ0n) is 17.9. The third-order valence-corrected chi connectivity index (χ3v) is 6.25. The maximum atomic E-state index is 15.2. The molecule has 3 N–H and O–H groups in total. The fraction of sp³-hybridized carbons (Fsp3) is 0.375. The van der Waals surface area contributed by atoms with Crippen molar-refractivity contribution in [3.8, 4) is 5.75 Å². The van der Waals surface area contributed by atoms with Crippen molar-refractivity contribution in [1.29, 1.82) is 0 Å². The minimum Gasteiger partial charge on any atom is -0.505 e. The molecular weight excluding hydrogens is 424 g/mol. The van der Waals surface area contributed by atoms with Crippen molar-refractivity contribution in [1.82, 2.24) is 4.98 Å². The lowest BCUT2D eigenvalue weighted by atomic mass is 9.69. The third kappa shape index (κ3) is 3.66. The number of phenolic OH excluding ortho intramolecular Hbond substituents is 1. The van der Waals surface area contributed by atoms with Crippen LogP contribution >= 0.6 is 0 Å². The van der Waals surface area contributed by atoms with E-state index in [1.54, 1.807) is 38.1 Å². The van der Waals surface area contributed by atoms with Gasteiger partial charge in [-0.3, -0.25) is 4.98 Å². The number of aromatic hydroxyl groups is 1. The maximum absolute atomic E-state index is 15.2. The number of hydrogen-bond donors (Lipinski definition) is 3. The molecule has 1 aliphatic carbocycles. The Labute approximate surface area is 182 Å². The van der Waals surface area contributed by atoms with Gasteiger partial charge in [0.15, 0.2) is 17.2 Å². The second kappa shape index (κ2) is 7.62. The number of aromatic nitrogens is 1. The normalized spacial score (nSPS) is 21.1. The van der Waals surface area contributed by atoms with Gasteiger partial charge in [-0.05, 0) is 61.1 Å². The molecule has 1 heterocycles. The first kappa shape index (κ1) is 22.3. The Bertz CT molecular complexity index is 1190. The molecule has 3 aromatic rings. The Kier molecular flexibility index (Phi) is 5.32. The van der Waals surface area contributed by atoms with Crippen molar-refractivity contribution in [2.75, 3.05) is 5.32 Å². The number of phenols is 1. The average Bonchev–Trinajstić information content (AvgIpc) is 2.70. The number of benzene rings is 2. The van der Waals surface area contributed by atoms with Crippen LogP contribution in [0.4, 0.5) is 28.9 Å². The number of hydrogen-bond acceptors (Lipinski definition) is 4. The number of pyridine rings is 1. The molecule has 2 unspecified atom stereocenters. The van der Waals surface area contributed by atoms with E-state index < -0.39 is 42.1 Å². The van der Waals surface area contributed by atoms with Crippen LogP contribution < -0.4 is 5.32 Å². The number of nitrogens with zero attached hydrogens (tertiary/aromatic N) is 1. The first-order chi connectivity index (χ1) is 14.9. The minimum atomic E-state index is -4.85. The number of aliphatic hydroxyl groups is 1. The third-order valence-electron chi connectivity index (χ3n) is 6.25. The highest BCUT2D eigenvalue weighted by Crippen LogP contribution is 2.52. The van der Waals surface area contributed by atoms with Crippen LogP contribution in [0.2, 0.25) is 0 Å². The van der Waals surface area contributed by atoms with Crippen molar-refractivity contribution in [2.45, 2.75) is 51.3 Å². The number of fused-ring (bicyclic) bond motifs is 2. The molecule has 4 rings (SSSR count). The molecule has 0 bridgehead atoms. The Balaban J connectivity index is 1.84. The van der Waals surface area contributed by atoms with Gasteiger partial charge in [0.1, 0.15) is 0 Å². The molecule has 0 aliphatic heterocycles. The highest BCUT2D eigenvalue weighted by Gasteiger charge is 2.57. The highest BCUT2D eigenvalue weighted by molar-refractivity contribution is 5.93. The van der Waals surface area contributed by atoms with E-state index in [2.05, 4.69) is 10.3 Å². The van der Waals surface area contributed by atoms with E-state index in [1.807, 2.05) is 13.0 Å². The molecule has 4 nitrogen and oxygen atoms in total. The summed E-state index contributed by atoms with van der Waals surface area (Å²) in [4.78, 5) is 4.42. The topological polar surface area (TPSA) is 65.4 Å². The molecule has 8 heteroatoms. The molecule has 0 radical (unpaired) electrons. The first-order valence-electron chi connectivity index (χ1n) is 10.4. The quantitative estimate of drug-likeness (QED) is 0.423. The lowest BCUT2D eigenvalue weighted by Gasteiger charge is -2.41. The van der Waals surface area contributed by atoms with E-state index in [9.17, 15) is 23.4 Å². The van der Waals surface area contributed by atoms with Crippen molar-refractivity contribution in [2.24, 2.45) is 5.92 Å². The SMILES string of the molecule is Cc1ccc2c(Nc3cc4c(c(O)c3F)C(C(C)C)CC(O)(C(F)(F)F)C4)cccc2n1. The van der Waals surface area contributed by atoms with Gasteiger partial charge in [-0.15, -0.1) is 0 Å². The molecule has 1 aromatic heterocycles. The summed E-state index contributed by atoms with van der Waals surface area (Å²) in [6.07, 6.45) is -6.24. The fourth-order valence-corrected chi connectivity index (χ4v) is 4.51. The Hall–Kier alpha value is -2.87. The molecule has 0 fully saturated rings. The van der Waals surface area contributed by atoms with Gasteiger partial charge in [0, 0.05) is 28.8 Å². The summed E-state index contributed by atoms with van der Waals surface area (Å²) in [6.45, 7) is 5.21. The molecule has 2 aromatic carbocycles. The number of anilines is 2. The maximum Gasteiger partial charge on any atom is 0.417 e. The molecule has 1 aliphatic rings. The molecular formula is C24H24F4N2O2. The number of nitrogens with one attached hydrogen (secondary N) is 1. The lowest BCUT2D eigenvalue weighted by molar-refractivity contribution is -0.266. The van der Waals surface area contributed by atoms with Gasteiger partial charge in [-0.25, -0.2) is 4.39 Å². The molecule has 32 heavy (non-hydrogen) atoms. The Morgan fingerprint density at radius 1 is 1.16 bits per heavy atom. The predicted molar refractivity (Wildman–Crippen MR) is 115 cm³/mol. The summed E-state index contributed by atoms with van der Waals surface area (Å²) >= 11 is 0. The van der Waals surface area contributed by atoms with Gasteiger partial charge in [0.2, 0.25) is 0 Å². The molecule has 0 amide bonds. The van der Waals surface area contributed by atoms with Crippen LogP contribution in [0.1, 0.15) is 43.0 Å². The van der Waals surface area contributed by atoms with Gasteiger partial charge in [-0.1, -0.05) is 19.9 Å². The fourth-order valence-electron chi connectivity index (χ4n) is 4.51. The summed E-state index contributed by atoms with van der Waals surface area (Å²) in [6, 6.07) is 10.1. The van der Waals surface area contributed by atoms with E-state index in [0.717, 1.165) is 5.69 Å². The van der Waals surface area contributed by atoms with Gasteiger partial charge < -0.3 is 15.5 Å². The molecule has 2 atom stereocenters. The lowest BCUT2D eigenvalue weighted by Crippen LogP contribution is -2.51. The number of alkyl halides is 3. The van der Waals surface area contributed by atoms with Gasteiger partial charge in [0.05, 0.1) is 11.2 Å². The van der Waals surface area contributed by atoms with E-state index in [1.165, 1.54) is 6.07 Å². The van der Waals surface area contributed by atoms with Crippen LogP contribution in [0.25, 0.3) is 10.9 Å². The molecule has 0 spiro atoms. The summed E-state index contributed by atoms with van der Waals surface area (Å²) in [5.41, 5.74) is -0.934. The van der Waals surface area contributed by atoms with E-state index in [-0.39, 0.29) is 22.7 Å². The van der Waals surface area contributed by atoms with E-state index in [0.29, 0.717) is 16.6 Å². The van der Waals surface area contributed by atoms with Crippen LogP contribution in [-0.4, -0.2) is 27.0 Å². The first-order valence-corrected chi connectivity index (χ1v) is 10.4. The average molecular weight is 448 g/mol. The van der Waals surface area contributed by atoms with Gasteiger partial charge >= 0.3 is 6.18 Å². The molecule has 0 saturated carbocycles. The summed E-state index contributed by atoms with van der Waals surface area (Å²) in [7, 11) is 0. The number of halogens is 4. The zero-order chi connectivity index (χ0) is 23.4. The monoisotopic (exact) mass is 448 g/mol. The Morgan fingerprint density at radius 2 is 1.88 bits per heavy atom. The van der Waals surface area contributed by atoms with E-state index in [4.69, 9.17) is 0 Å².